The molecule has 0 aliphatic heterocycles. The lowest BCUT2D eigenvalue weighted by Crippen LogP contribution is -2.27. The van der Waals surface area contributed by atoms with E-state index >= 15 is 0 Å². The number of hydrogen-bond donors (Lipinski definition) is 3. The van der Waals surface area contributed by atoms with E-state index in [0.717, 1.165) is 5.56 Å². The largest absolute Gasteiger partial charge is 0.478 e. The van der Waals surface area contributed by atoms with Gasteiger partial charge in [0.15, 0.2) is 0 Å². The second kappa shape index (κ2) is 9.01. The summed E-state index contributed by atoms with van der Waals surface area (Å²) in [6.07, 6.45) is 0.695. The van der Waals surface area contributed by atoms with Gasteiger partial charge in [-0.05, 0) is 43.0 Å². The van der Waals surface area contributed by atoms with Crippen LogP contribution in [0.15, 0.2) is 53.4 Å². The molecule has 0 heterocycles. The maximum Gasteiger partial charge on any atom is 0.335 e. The van der Waals surface area contributed by atoms with Gasteiger partial charge < -0.3 is 10.4 Å². The molecule has 27 heavy (non-hydrogen) atoms. The minimum Gasteiger partial charge on any atom is -0.478 e. The Labute approximate surface area is 160 Å². The van der Waals surface area contributed by atoms with Crippen molar-refractivity contribution in [1.82, 2.24) is 4.72 Å². The average molecular weight is 391 g/mol. The normalized spacial score (nSPS) is 12.7. The first kappa shape index (κ1) is 20.9. The highest BCUT2D eigenvalue weighted by Crippen LogP contribution is 2.27. The smallest absolute Gasteiger partial charge is 0.335 e. The molecule has 7 heteroatoms. The Balaban J connectivity index is 2.35. The molecule has 0 spiro atoms. The molecule has 0 bridgehead atoms. The van der Waals surface area contributed by atoms with Gasteiger partial charge >= 0.3 is 5.97 Å². The fourth-order valence-corrected chi connectivity index (χ4v) is 3.86. The number of sulfonamides is 1. The summed E-state index contributed by atoms with van der Waals surface area (Å²) in [6.45, 7) is 6.23. The predicted molar refractivity (Wildman–Crippen MR) is 107 cm³/mol. The van der Waals surface area contributed by atoms with Crippen LogP contribution in [0.3, 0.4) is 0 Å². The number of nitrogens with one attached hydrogen (secondary N) is 2. The molecule has 146 valence electrons. The Kier molecular flexibility index (Phi) is 6.98. The summed E-state index contributed by atoms with van der Waals surface area (Å²) in [5.41, 5.74) is 1.29. The standard InChI is InChI=1S/C20H26N2O4S/c1-14(2)11-12-21-27(25,26)19-13-17(20(23)24)9-10-18(19)22-15(3)16-7-5-4-6-8-16/h4-10,13-15,21-22H,11-12H2,1-3H3,(H,23,24)/t15-/m1/s1. The third-order valence-corrected chi connectivity index (χ3v) is 5.70. The van der Waals surface area contributed by atoms with Gasteiger partial charge in [-0.15, -0.1) is 0 Å². The van der Waals surface area contributed by atoms with E-state index in [1.165, 1.54) is 18.2 Å². The topological polar surface area (TPSA) is 95.5 Å². The van der Waals surface area contributed by atoms with Crippen LogP contribution in [0.25, 0.3) is 0 Å². The van der Waals surface area contributed by atoms with Crippen LogP contribution in [0.5, 0.6) is 0 Å². The van der Waals surface area contributed by atoms with Crippen LogP contribution >= 0.6 is 0 Å². The number of benzene rings is 2. The van der Waals surface area contributed by atoms with Crippen LogP contribution in [-0.2, 0) is 10.0 Å². The highest BCUT2D eigenvalue weighted by atomic mass is 32.2. The number of aromatic carboxylic acids is 1. The molecule has 0 unspecified atom stereocenters. The molecule has 3 N–H and O–H groups in total. The first-order valence-electron chi connectivity index (χ1n) is 8.89. The van der Waals surface area contributed by atoms with E-state index in [-0.39, 0.29) is 16.5 Å². The zero-order valence-electron chi connectivity index (χ0n) is 15.8. The molecular weight excluding hydrogens is 364 g/mol. The number of rotatable bonds is 9. The minimum atomic E-state index is -3.85. The zero-order chi connectivity index (χ0) is 20.0. The van der Waals surface area contributed by atoms with Gasteiger partial charge in [0.2, 0.25) is 10.0 Å². The number of anilines is 1. The van der Waals surface area contributed by atoms with Crippen molar-refractivity contribution in [2.75, 3.05) is 11.9 Å². The number of carbonyl (C=O) groups is 1. The second-order valence-corrected chi connectivity index (χ2v) is 8.61. The zero-order valence-corrected chi connectivity index (χ0v) is 16.6. The van der Waals surface area contributed by atoms with Crippen LogP contribution in [0.1, 0.15) is 49.2 Å². The Morgan fingerprint density at radius 1 is 1.07 bits per heavy atom. The summed E-state index contributed by atoms with van der Waals surface area (Å²) in [4.78, 5) is 11.2. The van der Waals surface area contributed by atoms with Crippen molar-refractivity contribution >= 4 is 21.7 Å². The van der Waals surface area contributed by atoms with E-state index < -0.39 is 16.0 Å². The highest BCUT2D eigenvalue weighted by Gasteiger charge is 2.22. The third kappa shape index (κ3) is 5.80. The molecule has 0 saturated heterocycles. The summed E-state index contributed by atoms with van der Waals surface area (Å²) >= 11 is 0. The quantitative estimate of drug-likeness (QED) is 0.604. The van der Waals surface area contributed by atoms with Crippen molar-refractivity contribution in [1.29, 1.82) is 0 Å². The Morgan fingerprint density at radius 3 is 2.33 bits per heavy atom. The van der Waals surface area contributed by atoms with E-state index in [9.17, 15) is 18.3 Å². The van der Waals surface area contributed by atoms with Gasteiger partial charge in [-0.2, -0.15) is 0 Å². The van der Waals surface area contributed by atoms with E-state index in [1.54, 1.807) is 0 Å². The van der Waals surface area contributed by atoms with Gasteiger partial charge in [0, 0.05) is 12.6 Å². The first-order chi connectivity index (χ1) is 12.7. The second-order valence-electron chi connectivity index (χ2n) is 6.87. The fourth-order valence-electron chi connectivity index (χ4n) is 2.61. The molecule has 0 aliphatic carbocycles. The molecule has 2 rings (SSSR count). The number of carboxylic acids is 1. The fraction of sp³-hybridized carbons (Fsp3) is 0.350. The van der Waals surface area contributed by atoms with E-state index in [1.807, 2.05) is 51.1 Å². The van der Waals surface area contributed by atoms with Crippen LogP contribution in [-0.4, -0.2) is 26.0 Å². The van der Waals surface area contributed by atoms with Crippen LogP contribution in [0.2, 0.25) is 0 Å². The number of hydrogen-bond acceptors (Lipinski definition) is 4. The van der Waals surface area contributed by atoms with Crippen molar-refractivity contribution in [3.63, 3.8) is 0 Å². The Hall–Kier alpha value is -2.38. The maximum absolute atomic E-state index is 12.8. The van der Waals surface area contributed by atoms with Crippen LogP contribution < -0.4 is 10.0 Å². The molecule has 0 saturated carbocycles. The van der Waals surface area contributed by atoms with Gasteiger partial charge in [0.1, 0.15) is 4.90 Å². The summed E-state index contributed by atoms with van der Waals surface area (Å²) < 4.78 is 28.1. The lowest BCUT2D eigenvalue weighted by Gasteiger charge is -2.19. The first-order valence-corrected chi connectivity index (χ1v) is 10.4. The van der Waals surface area contributed by atoms with Crippen molar-refractivity contribution in [3.05, 3.63) is 59.7 Å². The molecule has 2 aromatic rings. The molecule has 1 atom stereocenters. The summed E-state index contributed by atoms with van der Waals surface area (Å²) in [5.74, 6) is -0.815. The average Bonchev–Trinajstić information content (AvgIpc) is 2.62. The van der Waals surface area contributed by atoms with Gasteiger partial charge in [-0.1, -0.05) is 44.2 Å². The molecule has 0 radical (unpaired) electrons. The van der Waals surface area contributed by atoms with Gasteiger partial charge in [-0.25, -0.2) is 17.9 Å². The Morgan fingerprint density at radius 2 is 1.74 bits per heavy atom. The SMILES string of the molecule is CC(C)CCNS(=O)(=O)c1cc(C(=O)O)ccc1N[C@H](C)c1ccccc1. The van der Waals surface area contributed by atoms with Gasteiger partial charge in [-0.3, -0.25) is 0 Å². The van der Waals surface area contributed by atoms with E-state index in [4.69, 9.17) is 0 Å². The molecule has 0 aromatic heterocycles. The van der Waals surface area contributed by atoms with E-state index in [0.29, 0.717) is 24.6 Å². The molecule has 0 amide bonds. The molecular formula is C20H26N2O4S. The highest BCUT2D eigenvalue weighted by molar-refractivity contribution is 7.89. The summed E-state index contributed by atoms with van der Waals surface area (Å²) in [7, 11) is -3.85. The van der Waals surface area contributed by atoms with Crippen molar-refractivity contribution in [3.8, 4) is 0 Å². The van der Waals surface area contributed by atoms with Crippen molar-refractivity contribution in [2.24, 2.45) is 5.92 Å². The van der Waals surface area contributed by atoms with Gasteiger partial charge in [0.05, 0.1) is 11.3 Å². The maximum atomic E-state index is 12.8. The molecule has 2 aromatic carbocycles. The number of carboxylic acid groups (broad SMARTS) is 1. The summed E-state index contributed by atoms with van der Waals surface area (Å²) in [6, 6.07) is 13.6. The minimum absolute atomic E-state index is 0.0612. The monoisotopic (exact) mass is 390 g/mol. The van der Waals surface area contributed by atoms with Gasteiger partial charge in [0.25, 0.3) is 0 Å². The lowest BCUT2D eigenvalue weighted by atomic mass is 10.1. The lowest BCUT2D eigenvalue weighted by molar-refractivity contribution is 0.0696. The van der Waals surface area contributed by atoms with Crippen LogP contribution in [0.4, 0.5) is 5.69 Å². The molecule has 6 nitrogen and oxygen atoms in total. The predicted octanol–water partition coefficient (Wildman–Crippen LogP) is 3.88. The van der Waals surface area contributed by atoms with Crippen molar-refractivity contribution < 1.29 is 18.3 Å². The summed E-state index contributed by atoms with van der Waals surface area (Å²) in [5, 5.41) is 12.4. The molecule has 0 aliphatic rings. The third-order valence-electron chi connectivity index (χ3n) is 4.20. The Bertz CT molecular complexity index is 880. The molecule has 0 fully saturated rings. The van der Waals surface area contributed by atoms with E-state index in [2.05, 4.69) is 10.0 Å². The van der Waals surface area contributed by atoms with Crippen LogP contribution in [0, 0.1) is 5.92 Å². The van der Waals surface area contributed by atoms with Crippen molar-refractivity contribution in [2.45, 2.75) is 38.1 Å².